The Kier molecular flexibility index (Phi) is 2.26. The van der Waals surface area contributed by atoms with Gasteiger partial charge in [0.15, 0.2) is 11.9 Å². The molecule has 0 saturated heterocycles. The summed E-state index contributed by atoms with van der Waals surface area (Å²) in [4.78, 5) is 22.5. The Bertz CT molecular complexity index is 439. The molecule has 1 heterocycles. The summed E-state index contributed by atoms with van der Waals surface area (Å²) in [6, 6.07) is 3.85. The maximum Gasteiger partial charge on any atom is 0.339 e. The van der Waals surface area contributed by atoms with E-state index >= 15 is 0 Å². The van der Waals surface area contributed by atoms with E-state index in [9.17, 15) is 14.0 Å². The molecule has 0 radical (unpaired) electrons. The second-order valence-electron chi connectivity index (χ2n) is 3.51. The number of Topliss-reactive ketones (excluding diaryl/α,β-unsaturated/α-hetero) is 1. The lowest BCUT2D eigenvalue weighted by Crippen LogP contribution is -2.32. The van der Waals surface area contributed by atoms with Crippen LogP contribution in [0.4, 0.5) is 4.39 Å². The van der Waals surface area contributed by atoms with E-state index in [0.717, 1.165) is 0 Å². The van der Waals surface area contributed by atoms with E-state index in [1.165, 1.54) is 25.1 Å². The first kappa shape index (κ1) is 9.83. The average Bonchev–Trinajstić information content (AvgIpc) is 2.16. The van der Waals surface area contributed by atoms with Gasteiger partial charge in [-0.3, -0.25) is 4.79 Å². The van der Waals surface area contributed by atoms with E-state index in [2.05, 4.69) is 0 Å². The van der Waals surface area contributed by atoms with Crippen molar-refractivity contribution in [3.63, 3.8) is 0 Å². The smallest absolute Gasteiger partial charge is 0.339 e. The number of fused-ring (bicyclic) bond motifs is 1. The van der Waals surface area contributed by atoms with Gasteiger partial charge in [0.1, 0.15) is 5.82 Å². The van der Waals surface area contributed by atoms with E-state index in [1.54, 1.807) is 0 Å². The van der Waals surface area contributed by atoms with Crippen molar-refractivity contribution in [2.24, 2.45) is 0 Å². The van der Waals surface area contributed by atoms with Crippen LogP contribution < -0.4 is 0 Å². The second kappa shape index (κ2) is 3.46. The molecule has 0 N–H and O–H groups in total. The van der Waals surface area contributed by atoms with Crippen LogP contribution in [0.2, 0.25) is 0 Å². The molecule has 78 valence electrons. The topological polar surface area (TPSA) is 43.4 Å². The van der Waals surface area contributed by atoms with Crippen LogP contribution in [0.1, 0.15) is 22.8 Å². The third kappa shape index (κ3) is 1.75. The summed E-state index contributed by atoms with van der Waals surface area (Å²) >= 11 is 0. The van der Waals surface area contributed by atoms with Gasteiger partial charge in [-0.25, -0.2) is 9.18 Å². The maximum atomic E-state index is 12.9. The first-order chi connectivity index (χ1) is 7.08. The molecule has 3 nitrogen and oxygen atoms in total. The van der Waals surface area contributed by atoms with E-state index in [4.69, 9.17) is 4.74 Å². The Morgan fingerprint density at radius 2 is 2.27 bits per heavy atom. The van der Waals surface area contributed by atoms with E-state index in [0.29, 0.717) is 11.1 Å². The first-order valence-electron chi connectivity index (χ1n) is 4.58. The van der Waals surface area contributed by atoms with E-state index in [-0.39, 0.29) is 12.2 Å². The lowest BCUT2D eigenvalue weighted by molar-refractivity contribution is -0.125. The summed E-state index contributed by atoms with van der Waals surface area (Å²) < 4.78 is 17.8. The Labute approximate surface area is 85.9 Å². The Balaban J connectivity index is 2.41. The summed E-state index contributed by atoms with van der Waals surface area (Å²) in [5, 5.41) is 0. The number of hydrogen-bond acceptors (Lipinski definition) is 3. The van der Waals surface area contributed by atoms with Crippen LogP contribution in [0.25, 0.3) is 0 Å². The number of rotatable bonds is 1. The van der Waals surface area contributed by atoms with Crippen LogP contribution in [0.15, 0.2) is 18.2 Å². The molecule has 1 atom stereocenters. The quantitative estimate of drug-likeness (QED) is 0.657. The standard InChI is InChI=1S/C11H9FO3/c1-6(13)10-5-7-4-8(12)2-3-9(7)11(14)15-10/h2-4,10H,5H2,1H3. The molecule has 0 amide bonds. The second-order valence-corrected chi connectivity index (χ2v) is 3.51. The molecule has 0 aliphatic carbocycles. The van der Waals surface area contributed by atoms with Gasteiger partial charge >= 0.3 is 5.97 Å². The lowest BCUT2D eigenvalue weighted by atomic mass is 9.97. The molecule has 4 heteroatoms. The Morgan fingerprint density at radius 3 is 2.93 bits per heavy atom. The van der Waals surface area contributed by atoms with E-state index < -0.39 is 17.9 Å². The van der Waals surface area contributed by atoms with Gasteiger partial charge in [0.2, 0.25) is 0 Å². The number of ketones is 1. The normalized spacial score (nSPS) is 19.3. The van der Waals surface area contributed by atoms with Crippen molar-refractivity contribution in [2.45, 2.75) is 19.4 Å². The number of halogens is 1. The van der Waals surface area contributed by atoms with Gasteiger partial charge < -0.3 is 4.74 Å². The third-order valence-electron chi connectivity index (χ3n) is 2.40. The summed E-state index contributed by atoms with van der Waals surface area (Å²) in [5.74, 6) is -1.19. The predicted octanol–water partition coefficient (Wildman–Crippen LogP) is 1.50. The summed E-state index contributed by atoms with van der Waals surface area (Å²) in [5.41, 5.74) is 0.875. The minimum absolute atomic E-state index is 0.224. The molecule has 0 aromatic heterocycles. The van der Waals surface area contributed by atoms with Crippen molar-refractivity contribution in [1.82, 2.24) is 0 Å². The monoisotopic (exact) mass is 208 g/mol. The van der Waals surface area contributed by atoms with Crippen molar-refractivity contribution in [1.29, 1.82) is 0 Å². The fourth-order valence-electron chi connectivity index (χ4n) is 1.59. The van der Waals surface area contributed by atoms with Crippen molar-refractivity contribution in [3.05, 3.63) is 35.1 Å². The van der Waals surface area contributed by atoms with Crippen LogP contribution >= 0.6 is 0 Å². The molecular formula is C11H9FO3. The molecule has 0 saturated carbocycles. The van der Waals surface area contributed by atoms with Gasteiger partial charge in [-0.2, -0.15) is 0 Å². The van der Waals surface area contributed by atoms with E-state index in [1.807, 2.05) is 0 Å². The first-order valence-corrected chi connectivity index (χ1v) is 4.58. The van der Waals surface area contributed by atoms with Crippen LogP contribution in [-0.2, 0) is 16.0 Å². The van der Waals surface area contributed by atoms with Gasteiger partial charge in [0.25, 0.3) is 0 Å². The molecule has 15 heavy (non-hydrogen) atoms. The van der Waals surface area contributed by atoms with Crippen LogP contribution in [-0.4, -0.2) is 17.9 Å². The lowest BCUT2D eigenvalue weighted by Gasteiger charge is -2.22. The molecule has 1 aromatic carbocycles. The number of esters is 1. The van der Waals surface area contributed by atoms with Crippen molar-refractivity contribution in [2.75, 3.05) is 0 Å². The minimum atomic E-state index is -0.771. The molecule has 1 aromatic rings. The van der Waals surface area contributed by atoms with Crippen molar-refractivity contribution < 1.29 is 18.7 Å². The van der Waals surface area contributed by atoms with Gasteiger partial charge in [-0.05, 0) is 30.7 Å². The third-order valence-corrected chi connectivity index (χ3v) is 2.40. The Morgan fingerprint density at radius 1 is 1.53 bits per heavy atom. The minimum Gasteiger partial charge on any atom is -0.450 e. The zero-order chi connectivity index (χ0) is 11.0. The van der Waals surface area contributed by atoms with Gasteiger partial charge in [-0.15, -0.1) is 0 Å². The Hall–Kier alpha value is -1.71. The van der Waals surface area contributed by atoms with Crippen LogP contribution in [0.3, 0.4) is 0 Å². The maximum absolute atomic E-state index is 12.9. The molecule has 2 rings (SSSR count). The number of benzene rings is 1. The number of hydrogen-bond donors (Lipinski definition) is 0. The molecular weight excluding hydrogens is 199 g/mol. The highest BCUT2D eigenvalue weighted by Crippen LogP contribution is 2.21. The number of carbonyl (C=O) groups excluding carboxylic acids is 2. The van der Waals surface area contributed by atoms with Crippen LogP contribution in [0, 0.1) is 5.82 Å². The predicted molar refractivity (Wildman–Crippen MR) is 50.0 cm³/mol. The molecule has 0 bridgehead atoms. The fourth-order valence-corrected chi connectivity index (χ4v) is 1.59. The molecule has 1 aliphatic heterocycles. The number of carbonyl (C=O) groups is 2. The highest BCUT2D eigenvalue weighted by molar-refractivity contribution is 5.95. The number of ether oxygens (including phenoxy) is 1. The average molecular weight is 208 g/mol. The largest absolute Gasteiger partial charge is 0.450 e. The summed E-state index contributed by atoms with van der Waals surface area (Å²) in [7, 11) is 0. The van der Waals surface area contributed by atoms with Crippen molar-refractivity contribution in [3.8, 4) is 0 Å². The van der Waals surface area contributed by atoms with Crippen molar-refractivity contribution >= 4 is 11.8 Å². The SMILES string of the molecule is CC(=O)C1Cc2cc(F)ccc2C(=O)O1. The highest BCUT2D eigenvalue weighted by atomic mass is 19.1. The van der Waals surface area contributed by atoms with Gasteiger partial charge in [0, 0.05) is 6.42 Å². The summed E-state index contributed by atoms with van der Waals surface area (Å²) in [6.07, 6.45) is -0.513. The zero-order valence-electron chi connectivity index (χ0n) is 8.12. The molecule has 0 fully saturated rings. The molecule has 1 unspecified atom stereocenters. The summed E-state index contributed by atoms with van der Waals surface area (Å²) in [6.45, 7) is 1.35. The van der Waals surface area contributed by atoms with Gasteiger partial charge in [0.05, 0.1) is 5.56 Å². The highest BCUT2D eigenvalue weighted by Gasteiger charge is 2.29. The molecule has 0 spiro atoms. The zero-order valence-corrected chi connectivity index (χ0v) is 8.12. The van der Waals surface area contributed by atoms with Crippen LogP contribution in [0.5, 0.6) is 0 Å². The number of cyclic esters (lactones) is 1. The molecule has 1 aliphatic rings. The van der Waals surface area contributed by atoms with Gasteiger partial charge in [-0.1, -0.05) is 0 Å². The fraction of sp³-hybridized carbons (Fsp3) is 0.273.